The molecule has 3 aliphatic rings. The minimum absolute atomic E-state index is 0.153. The van der Waals surface area contributed by atoms with Crippen LogP contribution in [-0.4, -0.2) is 44.2 Å². The highest BCUT2D eigenvalue weighted by molar-refractivity contribution is 7.89. The van der Waals surface area contributed by atoms with E-state index >= 15 is 0 Å². The van der Waals surface area contributed by atoms with Crippen LogP contribution < -0.4 is 10.0 Å². The maximum absolute atomic E-state index is 11.6. The quantitative estimate of drug-likeness (QED) is 0.661. The number of nitrogens with one attached hydrogen (secondary N) is 2. The molecule has 2 atom stereocenters. The average Bonchev–Trinajstić information content (AvgIpc) is 3.15. The maximum atomic E-state index is 11.6. The van der Waals surface area contributed by atoms with Crippen LogP contribution in [0.25, 0.3) is 0 Å². The molecule has 1 aromatic carbocycles. The molecular formula is C22H33N3O3S. The first-order valence-corrected chi connectivity index (χ1v) is 12.7. The van der Waals surface area contributed by atoms with E-state index in [1.54, 1.807) is 13.0 Å². The Hall–Kier alpha value is -1.60. The van der Waals surface area contributed by atoms with E-state index in [2.05, 4.69) is 16.1 Å². The zero-order chi connectivity index (χ0) is 20.4. The van der Waals surface area contributed by atoms with Crippen molar-refractivity contribution >= 4 is 15.9 Å². The molecule has 0 bridgehead atoms. The summed E-state index contributed by atoms with van der Waals surface area (Å²) in [4.78, 5) is 4.93. The van der Waals surface area contributed by atoms with Gasteiger partial charge in [0, 0.05) is 31.5 Å². The van der Waals surface area contributed by atoms with Crippen molar-refractivity contribution in [2.75, 3.05) is 18.8 Å². The van der Waals surface area contributed by atoms with Gasteiger partial charge in [-0.1, -0.05) is 6.07 Å². The number of aryl methyl sites for hydroxylation is 1. The molecule has 0 amide bonds. The van der Waals surface area contributed by atoms with E-state index < -0.39 is 10.0 Å². The van der Waals surface area contributed by atoms with Crippen LogP contribution in [0.4, 0.5) is 0 Å². The van der Waals surface area contributed by atoms with Crippen LogP contribution in [0.3, 0.4) is 0 Å². The molecule has 29 heavy (non-hydrogen) atoms. The lowest BCUT2D eigenvalue weighted by Crippen LogP contribution is -2.33. The Morgan fingerprint density at radius 1 is 1.17 bits per heavy atom. The molecular weight excluding hydrogens is 386 g/mol. The molecule has 0 aromatic heterocycles. The Kier molecular flexibility index (Phi) is 6.16. The predicted molar refractivity (Wildman–Crippen MR) is 116 cm³/mol. The van der Waals surface area contributed by atoms with Crippen molar-refractivity contribution in [3.63, 3.8) is 0 Å². The fourth-order valence-electron chi connectivity index (χ4n) is 5.12. The highest BCUT2D eigenvalue weighted by Crippen LogP contribution is 2.39. The molecule has 2 fully saturated rings. The Bertz CT molecular complexity index is 860. The number of hydrogen-bond acceptors (Lipinski definition) is 4. The summed E-state index contributed by atoms with van der Waals surface area (Å²) in [5.74, 6) is 3.19. The lowest BCUT2D eigenvalue weighted by atomic mass is 9.80. The van der Waals surface area contributed by atoms with Crippen LogP contribution in [0.5, 0.6) is 5.75 Å². The van der Waals surface area contributed by atoms with Crippen molar-refractivity contribution in [3.8, 4) is 5.75 Å². The van der Waals surface area contributed by atoms with Crippen molar-refractivity contribution < 1.29 is 13.5 Å². The number of amidine groups is 1. The molecule has 6 nitrogen and oxygen atoms in total. The fraction of sp³-hybridized carbons (Fsp3) is 0.682. The lowest BCUT2D eigenvalue weighted by molar-refractivity contribution is 0.280. The second kappa shape index (κ2) is 8.64. The highest BCUT2D eigenvalue weighted by atomic mass is 32.2. The number of aliphatic imine (C=N–C) groups is 1. The van der Waals surface area contributed by atoms with Crippen molar-refractivity contribution in [2.45, 2.75) is 63.8 Å². The summed E-state index contributed by atoms with van der Waals surface area (Å²) >= 11 is 0. The molecule has 0 radical (unpaired) electrons. The summed E-state index contributed by atoms with van der Waals surface area (Å²) in [6, 6.07) is 6.27. The van der Waals surface area contributed by atoms with Crippen molar-refractivity contribution in [2.24, 2.45) is 16.8 Å². The third-order valence-corrected chi connectivity index (χ3v) is 8.35. The van der Waals surface area contributed by atoms with E-state index in [9.17, 15) is 13.5 Å². The monoisotopic (exact) mass is 419 g/mol. The number of aromatic hydroxyl groups is 1. The second-order valence-corrected chi connectivity index (χ2v) is 11.0. The SMILES string of the molecule is CCS(=O)(=O)NCC1CCC(CN=C2CC3c4ccc(O)cc4CCC3N2)CC1. The average molecular weight is 420 g/mol. The van der Waals surface area contributed by atoms with Gasteiger partial charge in [0.25, 0.3) is 0 Å². The Morgan fingerprint density at radius 2 is 1.93 bits per heavy atom. The number of phenolic OH excluding ortho intramolecular Hbond substituents is 1. The Morgan fingerprint density at radius 3 is 2.69 bits per heavy atom. The van der Waals surface area contributed by atoms with Crippen molar-refractivity contribution in [3.05, 3.63) is 29.3 Å². The van der Waals surface area contributed by atoms with Gasteiger partial charge in [0.2, 0.25) is 10.0 Å². The molecule has 3 N–H and O–H groups in total. The summed E-state index contributed by atoms with van der Waals surface area (Å²) in [7, 11) is -3.08. The molecule has 1 heterocycles. The smallest absolute Gasteiger partial charge is 0.211 e. The van der Waals surface area contributed by atoms with Crippen LogP contribution in [0.2, 0.25) is 0 Å². The van der Waals surface area contributed by atoms with Crippen LogP contribution in [0.15, 0.2) is 23.2 Å². The van der Waals surface area contributed by atoms with Gasteiger partial charge in [0.1, 0.15) is 5.75 Å². The number of rotatable bonds is 6. The Labute approximate surface area is 174 Å². The summed E-state index contributed by atoms with van der Waals surface area (Å²) < 4.78 is 25.9. The van der Waals surface area contributed by atoms with Gasteiger partial charge in [-0.3, -0.25) is 4.99 Å². The van der Waals surface area contributed by atoms with Crippen LogP contribution in [0.1, 0.15) is 62.5 Å². The van der Waals surface area contributed by atoms with Gasteiger partial charge in [-0.15, -0.1) is 0 Å². The standard InChI is InChI=1S/C22H33N3O3S/c1-2-29(27,28)24-14-16-5-3-15(4-6-16)13-23-22-12-20-19-9-8-18(26)11-17(19)7-10-21(20)25-22/h8-9,11,15-16,20-21,24,26H,2-7,10,12-14H2,1H3,(H,23,25). The van der Waals surface area contributed by atoms with Crippen LogP contribution >= 0.6 is 0 Å². The third kappa shape index (κ3) is 4.94. The zero-order valence-corrected chi connectivity index (χ0v) is 18.0. The number of phenols is 1. The highest BCUT2D eigenvalue weighted by Gasteiger charge is 2.36. The van der Waals surface area contributed by atoms with Gasteiger partial charge < -0.3 is 10.4 Å². The van der Waals surface area contributed by atoms with E-state index in [0.717, 1.165) is 57.3 Å². The van der Waals surface area contributed by atoms with Gasteiger partial charge in [0.05, 0.1) is 11.6 Å². The molecule has 1 saturated carbocycles. The molecule has 2 unspecified atom stereocenters. The number of nitrogens with zero attached hydrogens (tertiary/aromatic N) is 1. The first kappa shape index (κ1) is 20.7. The van der Waals surface area contributed by atoms with E-state index in [4.69, 9.17) is 4.99 Å². The third-order valence-electron chi connectivity index (χ3n) is 6.98. The molecule has 7 heteroatoms. The van der Waals surface area contributed by atoms with Crippen molar-refractivity contribution in [1.29, 1.82) is 0 Å². The van der Waals surface area contributed by atoms with E-state index in [1.165, 1.54) is 11.1 Å². The van der Waals surface area contributed by atoms with Crippen LogP contribution in [0, 0.1) is 11.8 Å². The second-order valence-electron chi connectivity index (χ2n) is 8.91. The molecule has 160 valence electrons. The number of benzene rings is 1. The first-order chi connectivity index (χ1) is 13.9. The number of sulfonamides is 1. The van der Waals surface area contributed by atoms with Gasteiger partial charge in [-0.05, 0) is 80.5 Å². The minimum Gasteiger partial charge on any atom is -0.508 e. The Balaban J connectivity index is 1.27. The first-order valence-electron chi connectivity index (χ1n) is 11.0. The summed E-state index contributed by atoms with van der Waals surface area (Å²) in [6.45, 7) is 3.13. The minimum atomic E-state index is -3.08. The maximum Gasteiger partial charge on any atom is 0.211 e. The zero-order valence-electron chi connectivity index (χ0n) is 17.2. The summed E-state index contributed by atoms with van der Waals surface area (Å²) in [5, 5.41) is 13.4. The molecule has 2 aliphatic carbocycles. The fourth-order valence-corrected chi connectivity index (χ4v) is 5.81. The molecule has 0 spiro atoms. The predicted octanol–water partition coefficient (Wildman–Crippen LogP) is 2.93. The van der Waals surface area contributed by atoms with E-state index in [-0.39, 0.29) is 5.75 Å². The number of hydrogen-bond donors (Lipinski definition) is 3. The summed E-state index contributed by atoms with van der Waals surface area (Å²) in [5.41, 5.74) is 2.65. The van der Waals surface area contributed by atoms with Gasteiger partial charge in [-0.2, -0.15) is 0 Å². The molecule has 4 rings (SSSR count). The van der Waals surface area contributed by atoms with Gasteiger partial charge in [-0.25, -0.2) is 13.1 Å². The summed E-state index contributed by atoms with van der Waals surface area (Å²) in [6.07, 6.45) is 7.50. The number of fused-ring (bicyclic) bond motifs is 3. The van der Waals surface area contributed by atoms with E-state index in [0.29, 0.717) is 36.1 Å². The van der Waals surface area contributed by atoms with Crippen LogP contribution in [-0.2, 0) is 16.4 Å². The molecule has 1 aromatic rings. The van der Waals surface area contributed by atoms with Crippen molar-refractivity contribution in [1.82, 2.24) is 10.0 Å². The molecule has 1 aliphatic heterocycles. The normalized spacial score (nSPS) is 30.6. The molecule has 1 saturated heterocycles. The van der Waals surface area contributed by atoms with E-state index in [1.807, 2.05) is 6.07 Å². The lowest BCUT2D eigenvalue weighted by Gasteiger charge is -2.27. The largest absolute Gasteiger partial charge is 0.508 e. The van der Waals surface area contributed by atoms with Gasteiger partial charge >= 0.3 is 0 Å². The van der Waals surface area contributed by atoms with Gasteiger partial charge in [0.15, 0.2) is 0 Å². The topological polar surface area (TPSA) is 90.8 Å².